The molecule has 0 bridgehead atoms. The number of ether oxygens (including phenoxy) is 1. The van der Waals surface area contributed by atoms with Gasteiger partial charge in [0.15, 0.2) is 0 Å². The zero-order valence-electron chi connectivity index (χ0n) is 12.7. The summed E-state index contributed by atoms with van der Waals surface area (Å²) in [4.78, 5) is 23.6. The fraction of sp³-hybridized carbons (Fsp3) is 0.857. The summed E-state index contributed by atoms with van der Waals surface area (Å²) in [6.07, 6.45) is 1.02. The van der Waals surface area contributed by atoms with Gasteiger partial charge in [0.2, 0.25) is 11.8 Å². The highest BCUT2D eigenvalue weighted by molar-refractivity contribution is 5.86. The Morgan fingerprint density at radius 2 is 2.00 bits per heavy atom. The van der Waals surface area contributed by atoms with Crippen LogP contribution in [0, 0.1) is 11.8 Å². The molecule has 20 heavy (non-hydrogen) atoms. The largest absolute Gasteiger partial charge is 0.379 e. The van der Waals surface area contributed by atoms with Crippen LogP contribution in [0.2, 0.25) is 0 Å². The molecular weight excluding hydrogens is 258 g/mol. The van der Waals surface area contributed by atoms with Crippen molar-refractivity contribution >= 4 is 11.8 Å². The van der Waals surface area contributed by atoms with Crippen LogP contribution in [0.1, 0.15) is 27.2 Å². The molecule has 2 unspecified atom stereocenters. The summed E-state index contributed by atoms with van der Waals surface area (Å²) in [5.41, 5.74) is 0. The standard InChI is InChI=1S/C14H27N3O3/c1-4-5-15-12-9-20-8-11(12)14(19)17-7-13(18)16-6-10(2)3/h10-12,15H,4-9H2,1-3H3,(H,16,18)(H,17,19). The van der Waals surface area contributed by atoms with Crippen molar-refractivity contribution in [1.82, 2.24) is 16.0 Å². The summed E-state index contributed by atoms with van der Waals surface area (Å²) in [5, 5.41) is 8.76. The number of carbonyl (C=O) groups is 2. The minimum Gasteiger partial charge on any atom is -0.379 e. The van der Waals surface area contributed by atoms with E-state index < -0.39 is 0 Å². The molecule has 0 aromatic rings. The molecule has 0 aromatic heterocycles. The molecule has 0 aliphatic carbocycles. The first-order chi connectivity index (χ1) is 9.54. The minimum absolute atomic E-state index is 0.0303. The fourth-order valence-electron chi connectivity index (χ4n) is 2.02. The average Bonchev–Trinajstić information content (AvgIpc) is 2.88. The highest BCUT2D eigenvalue weighted by Gasteiger charge is 2.33. The van der Waals surface area contributed by atoms with Gasteiger partial charge in [0, 0.05) is 12.6 Å². The number of hydrogen-bond donors (Lipinski definition) is 3. The van der Waals surface area contributed by atoms with Gasteiger partial charge < -0.3 is 20.7 Å². The van der Waals surface area contributed by atoms with Gasteiger partial charge in [-0.3, -0.25) is 9.59 Å². The molecule has 1 rings (SSSR count). The van der Waals surface area contributed by atoms with Crippen molar-refractivity contribution in [1.29, 1.82) is 0 Å². The van der Waals surface area contributed by atoms with E-state index in [-0.39, 0.29) is 30.3 Å². The molecule has 0 spiro atoms. The van der Waals surface area contributed by atoms with E-state index in [1.54, 1.807) is 0 Å². The lowest BCUT2D eigenvalue weighted by atomic mass is 10.0. The van der Waals surface area contributed by atoms with Crippen LogP contribution >= 0.6 is 0 Å². The van der Waals surface area contributed by atoms with E-state index in [0.29, 0.717) is 25.7 Å². The van der Waals surface area contributed by atoms with Crippen molar-refractivity contribution in [3.8, 4) is 0 Å². The first-order valence-corrected chi connectivity index (χ1v) is 7.40. The molecule has 6 nitrogen and oxygen atoms in total. The first-order valence-electron chi connectivity index (χ1n) is 7.40. The van der Waals surface area contributed by atoms with Gasteiger partial charge in [0.1, 0.15) is 0 Å². The van der Waals surface area contributed by atoms with Crippen molar-refractivity contribution in [2.24, 2.45) is 11.8 Å². The highest BCUT2D eigenvalue weighted by atomic mass is 16.5. The normalized spacial score (nSPS) is 22.0. The first kappa shape index (κ1) is 16.9. The Kier molecular flexibility index (Phi) is 7.54. The molecule has 3 N–H and O–H groups in total. The van der Waals surface area contributed by atoms with Crippen molar-refractivity contribution < 1.29 is 14.3 Å². The smallest absolute Gasteiger partial charge is 0.239 e. The lowest BCUT2D eigenvalue weighted by Gasteiger charge is -2.18. The Bertz CT molecular complexity index is 321. The van der Waals surface area contributed by atoms with Gasteiger partial charge in [-0.05, 0) is 18.9 Å². The molecule has 6 heteroatoms. The van der Waals surface area contributed by atoms with E-state index in [4.69, 9.17) is 4.74 Å². The third kappa shape index (κ3) is 5.88. The van der Waals surface area contributed by atoms with Gasteiger partial charge in [-0.1, -0.05) is 20.8 Å². The summed E-state index contributed by atoms with van der Waals surface area (Å²) < 4.78 is 5.35. The molecule has 116 valence electrons. The highest BCUT2D eigenvalue weighted by Crippen LogP contribution is 2.13. The average molecular weight is 285 g/mol. The molecule has 0 aromatic carbocycles. The maximum Gasteiger partial charge on any atom is 0.239 e. The van der Waals surface area contributed by atoms with Gasteiger partial charge in [-0.15, -0.1) is 0 Å². The van der Waals surface area contributed by atoms with Crippen molar-refractivity contribution in [2.75, 3.05) is 32.8 Å². The number of hydrogen-bond acceptors (Lipinski definition) is 4. The molecule has 2 atom stereocenters. The second kappa shape index (κ2) is 8.92. The van der Waals surface area contributed by atoms with E-state index >= 15 is 0 Å². The quantitative estimate of drug-likeness (QED) is 0.581. The minimum atomic E-state index is -0.209. The molecule has 1 aliphatic rings. The Balaban J connectivity index is 2.29. The van der Waals surface area contributed by atoms with Gasteiger partial charge in [0.05, 0.1) is 25.7 Å². The van der Waals surface area contributed by atoms with Crippen LogP contribution in [-0.2, 0) is 14.3 Å². The summed E-state index contributed by atoms with van der Waals surface area (Å²) in [6.45, 7) is 8.63. The third-order valence-electron chi connectivity index (χ3n) is 3.20. The third-order valence-corrected chi connectivity index (χ3v) is 3.20. The Morgan fingerprint density at radius 3 is 2.65 bits per heavy atom. The van der Waals surface area contributed by atoms with Crippen LogP contribution in [0.4, 0.5) is 0 Å². The Labute approximate surface area is 121 Å². The van der Waals surface area contributed by atoms with E-state index in [1.165, 1.54) is 0 Å². The topological polar surface area (TPSA) is 79.5 Å². The number of amides is 2. The zero-order valence-corrected chi connectivity index (χ0v) is 12.7. The number of nitrogens with one attached hydrogen (secondary N) is 3. The lowest BCUT2D eigenvalue weighted by Crippen LogP contribution is -2.46. The molecular formula is C14H27N3O3. The predicted octanol–water partition coefficient (Wildman–Crippen LogP) is -0.111. The molecule has 1 saturated heterocycles. The molecule has 1 aliphatic heterocycles. The molecule has 0 radical (unpaired) electrons. The SMILES string of the molecule is CCCNC1COCC1C(=O)NCC(=O)NCC(C)C. The maximum atomic E-state index is 12.1. The predicted molar refractivity (Wildman–Crippen MR) is 77.2 cm³/mol. The monoisotopic (exact) mass is 285 g/mol. The fourth-order valence-corrected chi connectivity index (χ4v) is 2.02. The van der Waals surface area contributed by atoms with Crippen LogP contribution in [0.25, 0.3) is 0 Å². The number of rotatable bonds is 8. The zero-order chi connectivity index (χ0) is 15.0. The molecule has 1 fully saturated rings. The summed E-state index contributed by atoms with van der Waals surface area (Å²) in [5.74, 6) is -0.0696. The van der Waals surface area contributed by atoms with E-state index in [1.807, 2.05) is 13.8 Å². The van der Waals surface area contributed by atoms with Crippen LogP contribution in [0.5, 0.6) is 0 Å². The van der Waals surface area contributed by atoms with Crippen molar-refractivity contribution in [3.05, 3.63) is 0 Å². The summed E-state index contributed by atoms with van der Waals surface area (Å²) in [7, 11) is 0. The van der Waals surface area contributed by atoms with Gasteiger partial charge in [-0.25, -0.2) is 0 Å². The van der Waals surface area contributed by atoms with E-state index in [0.717, 1.165) is 13.0 Å². The molecule has 0 saturated carbocycles. The van der Waals surface area contributed by atoms with Gasteiger partial charge in [-0.2, -0.15) is 0 Å². The van der Waals surface area contributed by atoms with Gasteiger partial charge in [0.25, 0.3) is 0 Å². The van der Waals surface area contributed by atoms with E-state index in [9.17, 15) is 9.59 Å². The molecule has 1 heterocycles. The van der Waals surface area contributed by atoms with Crippen LogP contribution in [-0.4, -0.2) is 50.7 Å². The second-order valence-electron chi connectivity index (χ2n) is 5.62. The van der Waals surface area contributed by atoms with Crippen molar-refractivity contribution in [3.63, 3.8) is 0 Å². The summed E-state index contributed by atoms with van der Waals surface area (Å²) in [6, 6.07) is 0.0497. The maximum absolute atomic E-state index is 12.1. The van der Waals surface area contributed by atoms with Gasteiger partial charge >= 0.3 is 0 Å². The molecule has 2 amide bonds. The second-order valence-corrected chi connectivity index (χ2v) is 5.62. The Hall–Kier alpha value is -1.14. The van der Waals surface area contributed by atoms with Crippen LogP contribution in [0.3, 0.4) is 0 Å². The van der Waals surface area contributed by atoms with Crippen LogP contribution < -0.4 is 16.0 Å². The van der Waals surface area contributed by atoms with E-state index in [2.05, 4.69) is 22.9 Å². The van der Waals surface area contributed by atoms with Crippen LogP contribution in [0.15, 0.2) is 0 Å². The lowest BCUT2D eigenvalue weighted by molar-refractivity contribution is -0.128. The van der Waals surface area contributed by atoms with Crippen molar-refractivity contribution in [2.45, 2.75) is 33.2 Å². The summed E-state index contributed by atoms with van der Waals surface area (Å²) >= 11 is 0. The number of carbonyl (C=O) groups excluding carboxylic acids is 2. The Morgan fingerprint density at radius 1 is 1.25 bits per heavy atom.